The normalized spacial score (nSPS) is 11.2. The number of nitrogens with one attached hydrogen (secondary N) is 3. The first-order valence-electron chi connectivity index (χ1n) is 12.4. The van der Waals surface area contributed by atoms with Crippen LogP contribution in [0.5, 0.6) is 0 Å². The maximum atomic E-state index is 13.3. The predicted molar refractivity (Wildman–Crippen MR) is 156 cm³/mol. The molecule has 0 unspecified atom stereocenters. The number of amides is 2. The Hall–Kier alpha value is -5.04. The summed E-state index contributed by atoms with van der Waals surface area (Å²) in [4.78, 5) is 51.2. The second-order valence-corrected chi connectivity index (χ2v) is 11.5. The molecule has 5 N–H and O–H groups in total. The lowest BCUT2D eigenvalue weighted by molar-refractivity contribution is -0.150. The third-order valence-electron chi connectivity index (χ3n) is 6.07. The van der Waals surface area contributed by atoms with Crippen molar-refractivity contribution in [3.63, 3.8) is 0 Å². The van der Waals surface area contributed by atoms with Crippen LogP contribution in [0.4, 0.5) is 5.69 Å². The first kappa shape index (κ1) is 31.5. The minimum absolute atomic E-state index is 0.0210. The smallest absolute Gasteiger partial charge is 0.354 e. The SMILES string of the molecule is COC(=O)C(C)(C)CNC(=O)c1ccc(-c2ccccc2C(=O)Nc2ccc(C(=N)N)cc2)c(C(=O)OS(C)(=O)=O)c1. The molecule has 3 aromatic carbocycles. The van der Waals surface area contributed by atoms with Crippen LogP contribution in [0.25, 0.3) is 11.1 Å². The molecule has 0 spiro atoms. The highest BCUT2D eigenvalue weighted by Crippen LogP contribution is 2.30. The molecule has 0 fully saturated rings. The maximum Gasteiger partial charge on any atom is 0.354 e. The summed E-state index contributed by atoms with van der Waals surface area (Å²) in [5.41, 5.74) is 5.55. The van der Waals surface area contributed by atoms with Gasteiger partial charge in [-0.3, -0.25) is 19.8 Å². The number of rotatable bonds is 10. The van der Waals surface area contributed by atoms with Gasteiger partial charge in [-0.1, -0.05) is 24.3 Å². The van der Waals surface area contributed by atoms with E-state index in [0.717, 1.165) is 6.07 Å². The Bertz CT molecular complexity index is 1670. The molecule has 220 valence electrons. The number of ether oxygens (including phenoxy) is 1. The molecule has 0 aliphatic heterocycles. The van der Waals surface area contributed by atoms with Gasteiger partial charge < -0.3 is 25.3 Å². The van der Waals surface area contributed by atoms with Crippen molar-refractivity contribution >= 4 is 45.4 Å². The third-order valence-corrected chi connectivity index (χ3v) is 6.53. The number of nitrogen functional groups attached to an aromatic ring is 1. The second-order valence-electron chi connectivity index (χ2n) is 9.88. The molecule has 0 bridgehead atoms. The number of methoxy groups -OCH3 is 1. The average Bonchev–Trinajstić information content (AvgIpc) is 2.94. The van der Waals surface area contributed by atoms with E-state index in [1.165, 1.54) is 25.3 Å². The van der Waals surface area contributed by atoms with Crippen LogP contribution in [0.3, 0.4) is 0 Å². The Morgan fingerprint density at radius 3 is 2.07 bits per heavy atom. The highest BCUT2D eigenvalue weighted by molar-refractivity contribution is 7.86. The summed E-state index contributed by atoms with van der Waals surface area (Å²) in [6.07, 6.45) is 0.703. The highest BCUT2D eigenvalue weighted by atomic mass is 32.2. The largest absolute Gasteiger partial charge is 0.469 e. The molecule has 0 saturated heterocycles. The highest BCUT2D eigenvalue weighted by Gasteiger charge is 2.30. The minimum atomic E-state index is -4.23. The van der Waals surface area contributed by atoms with Gasteiger partial charge in [-0.2, -0.15) is 8.42 Å². The van der Waals surface area contributed by atoms with Gasteiger partial charge in [0.05, 0.1) is 24.3 Å². The number of carbonyl (C=O) groups excluding carboxylic acids is 4. The van der Waals surface area contributed by atoms with Gasteiger partial charge in [0.25, 0.3) is 11.8 Å². The van der Waals surface area contributed by atoms with Crippen molar-refractivity contribution in [2.75, 3.05) is 25.2 Å². The second kappa shape index (κ2) is 12.6. The van der Waals surface area contributed by atoms with E-state index < -0.39 is 39.3 Å². The van der Waals surface area contributed by atoms with Gasteiger partial charge >= 0.3 is 22.1 Å². The van der Waals surface area contributed by atoms with Crippen LogP contribution < -0.4 is 16.4 Å². The molecule has 0 aliphatic rings. The van der Waals surface area contributed by atoms with Crippen molar-refractivity contribution in [2.45, 2.75) is 13.8 Å². The molecule has 12 nitrogen and oxygen atoms in total. The molecule has 0 aromatic heterocycles. The van der Waals surface area contributed by atoms with Crippen molar-refractivity contribution in [3.05, 3.63) is 89.0 Å². The summed E-state index contributed by atoms with van der Waals surface area (Å²) in [6, 6.07) is 16.5. The molecule has 13 heteroatoms. The Kier molecular flexibility index (Phi) is 9.48. The summed E-state index contributed by atoms with van der Waals surface area (Å²) < 4.78 is 32.9. The molecule has 0 aliphatic carbocycles. The molecular weight excluding hydrogens is 564 g/mol. The van der Waals surface area contributed by atoms with Crippen molar-refractivity contribution < 1.29 is 36.5 Å². The van der Waals surface area contributed by atoms with Crippen LogP contribution in [0.2, 0.25) is 0 Å². The zero-order valence-electron chi connectivity index (χ0n) is 23.3. The first-order chi connectivity index (χ1) is 19.6. The number of esters is 1. The molecule has 0 heterocycles. The Balaban J connectivity index is 2.02. The van der Waals surface area contributed by atoms with Gasteiger partial charge in [-0.15, -0.1) is 0 Å². The summed E-state index contributed by atoms with van der Waals surface area (Å²) in [5.74, 6) is -3.12. The number of anilines is 1. The molecule has 3 rings (SSSR count). The van der Waals surface area contributed by atoms with E-state index >= 15 is 0 Å². The van der Waals surface area contributed by atoms with Gasteiger partial charge in [0, 0.05) is 28.9 Å². The van der Waals surface area contributed by atoms with Gasteiger partial charge in [0.15, 0.2) is 0 Å². The zero-order chi connectivity index (χ0) is 31.2. The van der Waals surface area contributed by atoms with E-state index in [4.69, 9.17) is 15.9 Å². The lowest BCUT2D eigenvalue weighted by atomic mass is 9.92. The van der Waals surface area contributed by atoms with Gasteiger partial charge in [0.1, 0.15) is 5.84 Å². The monoisotopic (exact) mass is 594 g/mol. The lowest BCUT2D eigenvalue weighted by Gasteiger charge is -2.22. The summed E-state index contributed by atoms with van der Waals surface area (Å²) >= 11 is 0. The number of benzene rings is 3. The van der Waals surface area contributed by atoms with E-state index in [1.54, 1.807) is 56.3 Å². The topological polar surface area (TPSA) is 195 Å². The predicted octanol–water partition coefficient (Wildman–Crippen LogP) is 2.94. The average molecular weight is 595 g/mol. The Labute approximate surface area is 242 Å². The van der Waals surface area contributed by atoms with Crippen LogP contribution in [0.1, 0.15) is 50.5 Å². The van der Waals surface area contributed by atoms with E-state index in [9.17, 15) is 27.6 Å². The molecule has 0 saturated carbocycles. The third kappa shape index (κ3) is 7.79. The van der Waals surface area contributed by atoms with Crippen LogP contribution >= 0.6 is 0 Å². The van der Waals surface area contributed by atoms with Crippen molar-refractivity contribution in [1.29, 1.82) is 5.41 Å². The van der Waals surface area contributed by atoms with Gasteiger partial charge in [-0.05, 0) is 67.4 Å². The number of amidine groups is 1. The maximum absolute atomic E-state index is 13.3. The Morgan fingerprint density at radius 2 is 1.48 bits per heavy atom. The Morgan fingerprint density at radius 1 is 0.881 bits per heavy atom. The number of carbonyl (C=O) groups is 4. The zero-order valence-corrected chi connectivity index (χ0v) is 24.1. The quantitative estimate of drug-likeness (QED) is 0.118. The number of hydrogen-bond acceptors (Lipinski definition) is 9. The van der Waals surface area contributed by atoms with Crippen molar-refractivity contribution in [2.24, 2.45) is 11.1 Å². The fourth-order valence-electron chi connectivity index (χ4n) is 3.87. The molecule has 3 aromatic rings. The van der Waals surface area contributed by atoms with Crippen molar-refractivity contribution in [1.82, 2.24) is 5.32 Å². The molecule has 42 heavy (non-hydrogen) atoms. The van der Waals surface area contributed by atoms with E-state index in [-0.39, 0.29) is 40.2 Å². The van der Waals surface area contributed by atoms with Gasteiger partial charge in [-0.25, -0.2) is 4.79 Å². The first-order valence-corrected chi connectivity index (χ1v) is 14.2. The van der Waals surface area contributed by atoms with Crippen LogP contribution in [0.15, 0.2) is 66.7 Å². The summed E-state index contributed by atoms with van der Waals surface area (Å²) in [6.45, 7) is 3.08. The molecule has 0 radical (unpaired) electrons. The summed E-state index contributed by atoms with van der Waals surface area (Å²) in [7, 11) is -3.00. The van der Waals surface area contributed by atoms with Crippen LogP contribution in [-0.4, -0.2) is 57.9 Å². The van der Waals surface area contributed by atoms with E-state index in [0.29, 0.717) is 17.5 Å². The molecular formula is C29H30N4O8S. The lowest BCUT2D eigenvalue weighted by Crippen LogP contribution is -2.39. The summed E-state index contributed by atoms with van der Waals surface area (Å²) in [5, 5.41) is 12.8. The van der Waals surface area contributed by atoms with E-state index in [2.05, 4.69) is 14.8 Å². The standard InChI is InChI=1S/C29H30N4O8S/c1-29(2,28(37)40-3)16-32-25(34)18-11-14-21(23(15-18)27(36)41-42(4,38)39)20-7-5-6-8-22(20)26(35)33-19-12-9-17(10-13-19)24(30)31/h5-15H,16H2,1-4H3,(H3,30,31)(H,32,34)(H,33,35). The fraction of sp³-hybridized carbons (Fsp3) is 0.207. The fourth-order valence-corrected chi connectivity index (χ4v) is 4.24. The minimum Gasteiger partial charge on any atom is -0.469 e. The van der Waals surface area contributed by atoms with E-state index in [1.807, 2.05) is 0 Å². The van der Waals surface area contributed by atoms with Crippen LogP contribution in [-0.2, 0) is 23.8 Å². The van der Waals surface area contributed by atoms with Crippen LogP contribution in [0, 0.1) is 10.8 Å². The molecule has 0 atom stereocenters. The molecule has 2 amide bonds. The van der Waals surface area contributed by atoms with Crippen molar-refractivity contribution in [3.8, 4) is 11.1 Å². The van der Waals surface area contributed by atoms with Gasteiger partial charge in [0.2, 0.25) is 0 Å². The number of nitrogens with two attached hydrogens (primary N) is 1. The number of hydrogen-bond donors (Lipinski definition) is 4.